The summed E-state index contributed by atoms with van der Waals surface area (Å²) >= 11 is 5.71. The second-order valence-electron chi connectivity index (χ2n) is 4.09. The summed E-state index contributed by atoms with van der Waals surface area (Å²) in [7, 11) is 1.44. The number of methoxy groups -OCH3 is 1. The van der Waals surface area contributed by atoms with Crippen molar-refractivity contribution in [3.63, 3.8) is 0 Å². The number of nitro groups is 1. The molecule has 0 aliphatic carbocycles. The summed E-state index contributed by atoms with van der Waals surface area (Å²) in [5.41, 5.74) is 0.602. The molecule has 1 heterocycles. The van der Waals surface area contributed by atoms with Crippen LogP contribution in [0.2, 0.25) is 5.02 Å². The van der Waals surface area contributed by atoms with E-state index in [4.69, 9.17) is 21.4 Å². The summed E-state index contributed by atoms with van der Waals surface area (Å²) in [6.07, 6.45) is 1.30. The molecular formula is C12H10ClN3O5. The molecule has 0 unspecified atom stereocenters. The van der Waals surface area contributed by atoms with Gasteiger partial charge in [-0.2, -0.15) is 4.68 Å². The highest BCUT2D eigenvalue weighted by Crippen LogP contribution is 2.25. The van der Waals surface area contributed by atoms with Gasteiger partial charge in [-0.1, -0.05) is 11.6 Å². The predicted molar refractivity (Wildman–Crippen MR) is 72.9 cm³/mol. The van der Waals surface area contributed by atoms with Crippen molar-refractivity contribution in [2.45, 2.75) is 6.54 Å². The highest BCUT2D eigenvalue weighted by atomic mass is 35.5. The molecule has 1 N–H and O–H groups in total. The molecule has 0 aliphatic rings. The minimum Gasteiger partial charge on any atom is -0.496 e. The lowest BCUT2D eigenvalue weighted by Crippen LogP contribution is -2.05. The van der Waals surface area contributed by atoms with E-state index in [0.717, 1.165) is 0 Å². The zero-order valence-electron chi connectivity index (χ0n) is 10.8. The standard InChI is InChI=1S/C12H10ClN3O5/c1-21-10-3-2-7(12(17)18)4-8(10)5-15-6-9(13)11(14-15)16(19)20/h2-4,6H,5H2,1H3,(H,17,18). The molecular weight excluding hydrogens is 302 g/mol. The summed E-state index contributed by atoms with van der Waals surface area (Å²) in [6, 6.07) is 4.34. The van der Waals surface area contributed by atoms with Gasteiger partial charge in [0.2, 0.25) is 0 Å². The average molecular weight is 312 g/mol. The first-order valence-electron chi connectivity index (χ1n) is 5.70. The Morgan fingerprint density at radius 1 is 1.57 bits per heavy atom. The van der Waals surface area contributed by atoms with E-state index in [9.17, 15) is 14.9 Å². The Bertz CT molecular complexity index is 713. The number of carboxylic acids is 1. The number of carboxylic acid groups (broad SMARTS) is 1. The van der Waals surface area contributed by atoms with E-state index in [1.165, 1.54) is 36.2 Å². The fourth-order valence-electron chi connectivity index (χ4n) is 1.80. The molecule has 21 heavy (non-hydrogen) atoms. The minimum absolute atomic E-state index is 0.0820. The number of hydrogen-bond acceptors (Lipinski definition) is 5. The van der Waals surface area contributed by atoms with Crippen molar-refractivity contribution in [2.24, 2.45) is 0 Å². The van der Waals surface area contributed by atoms with Gasteiger partial charge < -0.3 is 20.0 Å². The molecule has 0 atom stereocenters. The lowest BCUT2D eigenvalue weighted by molar-refractivity contribution is -0.389. The van der Waals surface area contributed by atoms with Crippen LogP contribution in [0.5, 0.6) is 5.75 Å². The van der Waals surface area contributed by atoms with E-state index >= 15 is 0 Å². The number of halogens is 1. The number of aromatic carboxylic acids is 1. The van der Waals surface area contributed by atoms with Gasteiger partial charge in [-0.3, -0.25) is 0 Å². The van der Waals surface area contributed by atoms with Crippen LogP contribution in [0.1, 0.15) is 15.9 Å². The normalized spacial score (nSPS) is 10.4. The number of aromatic nitrogens is 2. The molecule has 0 amide bonds. The third-order valence-corrected chi connectivity index (χ3v) is 3.00. The SMILES string of the molecule is COc1ccc(C(=O)O)cc1Cn1cc(Cl)c([N+](=O)[O-])n1. The van der Waals surface area contributed by atoms with Crippen LogP contribution < -0.4 is 4.74 Å². The number of benzene rings is 1. The van der Waals surface area contributed by atoms with Crippen molar-refractivity contribution in [1.29, 1.82) is 0 Å². The number of rotatable bonds is 5. The summed E-state index contributed by atoms with van der Waals surface area (Å²) in [6.45, 7) is 0.0951. The Balaban J connectivity index is 2.38. The molecule has 0 aliphatic heterocycles. The van der Waals surface area contributed by atoms with Gasteiger partial charge in [-0.05, 0) is 23.1 Å². The quantitative estimate of drug-likeness (QED) is 0.670. The number of ether oxygens (including phenoxy) is 1. The van der Waals surface area contributed by atoms with E-state index in [2.05, 4.69) is 5.10 Å². The molecule has 9 heteroatoms. The zero-order valence-corrected chi connectivity index (χ0v) is 11.6. The Labute approximate surface area is 123 Å². The Kier molecular flexibility index (Phi) is 4.08. The van der Waals surface area contributed by atoms with Crippen molar-refractivity contribution in [2.75, 3.05) is 7.11 Å². The van der Waals surface area contributed by atoms with E-state index in [0.29, 0.717) is 11.3 Å². The fraction of sp³-hybridized carbons (Fsp3) is 0.167. The van der Waals surface area contributed by atoms with Gasteiger partial charge in [0, 0.05) is 5.56 Å². The smallest absolute Gasteiger partial charge is 0.408 e. The first-order chi connectivity index (χ1) is 9.92. The van der Waals surface area contributed by atoms with Crippen LogP contribution in [0, 0.1) is 10.1 Å². The number of hydrogen-bond donors (Lipinski definition) is 1. The number of nitrogens with zero attached hydrogens (tertiary/aromatic N) is 3. The van der Waals surface area contributed by atoms with Gasteiger partial charge in [0.1, 0.15) is 5.75 Å². The molecule has 0 spiro atoms. The third-order valence-electron chi connectivity index (χ3n) is 2.73. The van der Waals surface area contributed by atoms with Crippen molar-refractivity contribution in [3.05, 3.63) is 50.7 Å². The summed E-state index contributed by atoms with van der Waals surface area (Å²) < 4.78 is 6.39. The van der Waals surface area contributed by atoms with Crippen LogP contribution in [-0.4, -0.2) is 32.9 Å². The maximum Gasteiger partial charge on any atom is 0.408 e. The van der Waals surface area contributed by atoms with Crippen LogP contribution >= 0.6 is 11.6 Å². The summed E-state index contributed by atoms with van der Waals surface area (Å²) in [5.74, 6) is -1.08. The van der Waals surface area contributed by atoms with Gasteiger partial charge in [0.05, 0.1) is 30.5 Å². The zero-order chi connectivity index (χ0) is 15.6. The Hall–Kier alpha value is -2.61. The molecule has 0 saturated heterocycles. The lowest BCUT2D eigenvalue weighted by atomic mass is 10.1. The minimum atomic E-state index is -1.08. The molecule has 1 aromatic carbocycles. The van der Waals surface area contributed by atoms with Gasteiger partial charge >= 0.3 is 11.8 Å². The maximum absolute atomic E-state index is 11.0. The molecule has 0 fully saturated rings. The van der Waals surface area contributed by atoms with Gasteiger partial charge in [0.15, 0.2) is 5.02 Å². The highest BCUT2D eigenvalue weighted by Gasteiger charge is 2.20. The van der Waals surface area contributed by atoms with Gasteiger partial charge in [0.25, 0.3) is 0 Å². The molecule has 8 nitrogen and oxygen atoms in total. The monoisotopic (exact) mass is 311 g/mol. The van der Waals surface area contributed by atoms with Crippen molar-refractivity contribution >= 4 is 23.4 Å². The molecule has 110 valence electrons. The van der Waals surface area contributed by atoms with Gasteiger partial charge in [-0.25, -0.2) is 4.79 Å². The van der Waals surface area contributed by atoms with Crippen molar-refractivity contribution in [1.82, 2.24) is 9.78 Å². The molecule has 0 radical (unpaired) electrons. The lowest BCUT2D eigenvalue weighted by Gasteiger charge is -2.08. The van der Waals surface area contributed by atoms with E-state index in [1.54, 1.807) is 0 Å². The van der Waals surface area contributed by atoms with Crippen LogP contribution in [0.4, 0.5) is 5.82 Å². The third kappa shape index (κ3) is 3.11. The topological polar surface area (TPSA) is 107 Å². The van der Waals surface area contributed by atoms with Crippen molar-refractivity contribution < 1.29 is 19.6 Å². The van der Waals surface area contributed by atoms with E-state index in [-0.39, 0.29) is 17.1 Å². The molecule has 2 rings (SSSR count). The van der Waals surface area contributed by atoms with E-state index in [1.807, 2.05) is 0 Å². The Morgan fingerprint density at radius 3 is 2.81 bits per heavy atom. The fourth-order valence-corrected chi connectivity index (χ4v) is 2.02. The van der Waals surface area contributed by atoms with Crippen LogP contribution in [0.3, 0.4) is 0 Å². The second-order valence-corrected chi connectivity index (χ2v) is 4.49. The molecule has 0 bridgehead atoms. The average Bonchev–Trinajstić information content (AvgIpc) is 2.79. The highest BCUT2D eigenvalue weighted by molar-refractivity contribution is 6.32. The predicted octanol–water partition coefficient (Wildman–Crippen LogP) is 2.20. The summed E-state index contributed by atoms with van der Waals surface area (Å²) in [5, 5.41) is 23.3. The Morgan fingerprint density at radius 2 is 2.29 bits per heavy atom. The van der Waals surface area contributed by atoms with Crippen LogP contribution in [0.15, 0.2) is 24.4 Å². The second kappa shape index (κ2) is 5.80. The van der Waals surface area contributed by atoms with E-state index < -0.39 is 16.7 Å². The van der Waals surface area contributed by atoms with Crippen molar-refractivity contribution in [3.8, 4) is 5.75 Å². The molecule has 0 saturated carbocycles. The molecule has 1 aromatic heterocycles. The van der Waals surface area contributed by atoms with Crippen LogP contribution in [0.25, 0.3) is 0 Å². The molecule has 2 aromatic rings. The van der Waals surface area contributed by atoms with Gasteiger partial charge in [-0.15, -0.1) is 0 Å². The number of carbonyl (C=O) groups is 1. The maximum atomic E-state index is 11.0. The first kappa shape index (κ1) is 14.8. The first-order valence-corrected chi connectivity index (χ1v) is 6.07. The largest absolute Gasteiger partial charge is 0.496 e. The summed E-state index contributed by atoms with van der Waals surface area (Å²) in [4.78, 5) is 21.0. The van der Waals surface area contributed by atoms with Crippen LogP contribution in [-0.2, 0) is 6.54 Å².